The van der Waals surface area contributed by atoms with Crippen LogP contribution >= 0.6 is 0 Å². The molecule has 2 heteroatoms. The van der Waals surface area contributed by atoms with Crippen LogP contribution in [0.5, 0.6) is 0 Å². The first-order valence-electron chi connectivity index (χ1n) is 10.7. The van der Waals surface area contributed by atoms with Gasteiger partial charge in [0.15, 0.2) is 0 Å². The molecule has 2 rings (SSSR count). The largest absolute Gasteiger partial charge is 0.291 e. The normalized spacial score (nSPS) is 30.9. The number of rotatable bonds is 9. The smallest absolute Gasteiger partial charge is 0.201 e. The van der Waals surface area contributed by atoms with Crippen LogP contribution in [0.1, 0.15) is 104 Å². The Kier molecular flexibility index (Phi) is 8.49. The Bertz CT molecular complexity index is 385. The average Bonchev–Trinajstić information content (AvgIpc) is 2.62. The van der Waals surface area contributed by atoms with Gasteiger partial charge in [0.05, 0.1) is 0 Å². The average molecular weight is 335 g/mol. The van der Waals surface area contributed by atoms with E-state index in [1.165, 1.54) is 38.5 Å². The molecule has 0 unspecified atom stereocenters. The molecule has 2 saturated carbocycles. The maximum absolute atomic E-state index is 12.6. The van der Waals surface area contributed by atoms with E-state index in [1.54, 1.807) is 0 Å². The van der Waals surface area contributed by atoms with Gasteiger partial charge in [-0.2, -0.15) is 0 Å². The lowest BCUT2D eigenvalue weighted by molar-refractivity contribution is -0.142. The molecule has 24 heavy (non-hydrogen) atoms. The van der Waals surface area contributed by atoms with Crippen LogP contribution in [0.4, 0.5) is 0 Å². The van der Waals surface area contributed by atoms with E-state index < -0.39 is 0 Å². The number of carbonyl (C=O) groups excluding carboxylic acids is 2. The van der Waals surface area contributed by atoms with Gasteiger partial charge in [-0.15, -0.1) is 0 Å². The Balaban J connectivity index is 1.71. The Hall–Kier alpha value is -0.660. The summed E-state index contributed by atoms with van der Waals surface area (Å²) in [6, 6.07) is 0. The van der Waals surface area contributed by atoms with Gasteiger partial charge in [-0.1, -0.05) is 52.4 Å². The van der Waals surface area contributed by atoms with E-state index in [9.17, 15) is 9.59 Å². The maximum Gasteiger partial charge on any atom is 0.201 e. The lowest BCUT2D eigenvalue weighted by Gasteiger charge is -2.30. The number of Topliss-reactive ketones (excluding diaryl/α,β-unsaturated/α-hetero) is 2. The molecule has 0 aromatic carbocycles. The first-order chi connectivity index (χ1) is 11.7. The Morgan fingerprint density at radius 2 is 1.08 bits per heavy atom. The van der Waals surface area contributed by atoms with Crippen LogP contribution in [0.15, 0.2) is 0 Å². The van der Waals surface area contributed by atoms with Crippen molar-refractivity contribution in [3.63, 3.8) is 0 Å². The molecule has 0 saturated heterocycles. The van der Waals surface area contributed by atoms with Crippen LogP contribution in [-0.4, -0.2) is 11.6 Å². The van der Waals surface area contributed by atoms with Crippen molar-refractivity contribution >= 4 is 11.6 Å². The summed E-state index contributed by atoms with van der Waals surface area (Å²) >= 11 is 0. The molecule has 0 radical (unpaired) electrons. The second kappa shape index (κ2) is 10.4. The van der Waals surface area contributed by atoms with Crippen LogP contribution < -0.4 is 0 Å². The third-order valence-electron chi connectivity index (χ3n) is 6.59. The zero-order valence-electron chi connectivity index (χ0n) is 16.0. The fraction of sp³-hybridized carbons (Fsp3) is 0.909. The molecule has 2 aliphatic carbocycles. The highest BCUT2D eigenvalue weighted by atomic mass is 16.2. The monoisotopic (exact) mass is 334 g/mol. The lowest BCUT2D eigenvalue weighted by Crippen LogP contribution is -2.34. The third-order valence-corrected chi connectivity index (χ3v) is 6.59. The minimum atomic E-state index is -0.0145. The van der Waals surface area contributed by atoms with Crippen molar-refractivity contribution in [2.45, 2.75) is 104 Å². The first-order valence-corrected chi connectivity index (χ1v) is 10.7. The quantitative estimate of drug-likeness (QED) is 0.376. The van der Waals surface area contributed by atoms with E-state index in [-0.39, 0.29) is 23.4 Å². The fourth-order valence-corrected chi connectivity index (χ4v) is 4.92. The zero-order valence-corrected chi connectivity index (χ0v) is 16.0. The molecular formula is C22H38O2. The summed E-state index contributed by atoms with van der Waals surface area (Å²) in [5, 5.41) is 0. The highest BCUT2D eigenvalue weighted by molar-refractivity contribution is 6.38. The SMILES string of the molecule is CCCCCC1CCC(C(=O)C(=O)C2CCC(CCC)CC2)CC1. The lowest BCUT2D eigenvalue weighted by atomic mass is 9.73. The predicted molar refractivity (Wildman–Crippen MR) is 100.0 cm³/mol. The molecule has 0 aromatic heterocycles. The highest BCUT2D eigenvalue weighted by Crippen LogP contribution is 2.36. The molecule has 0 N–H and O–H groups in total. The second-order valence-electron chi connectivity index (χ2n) is 8.45. The van der Waals surface area contributed by atoms with Gasteiger partial charge in [-0.3, -0.25) is 9.59 Å². The Morgan fingerprint density at radius 1 is 0.625 bits per heavy atom. The molecule has 2 nitrogen and oxygen atoms in total. The van der Waals surface area contributed by atoms with Gasteiger partial charge in [-0.05, 0) is 63.2 Å². The van der Waals surface area contributed by atoms with Crippen LogP contribution in [-0.2, 0) is 9.59 Å². The van der Waals surface area contributed by atoms with Crippen LogP contribution in [0.2, 0.25) is 0 Å². The van der Waals surface area contributed by atoms with Crippen molar-refractivity contribution in [3.8, 4) is 0 Å². The minimum absolute atomic E-state index is 0.0130. The Labute approximate surface area is 149 Å². The van der Waals surface area contributed by atoms with Gasteiger partial charge >= 0.3 is 0 Å². The van der Waals surface area contributed by atoms with Gasteiger partial charge in [0.2, 0.25) is 11.6 Å². The minimum Gasteiger partial charge on any atom is -0.291 e. The zero-order chi connectivity index (χ0) is 17.4. The van der Waals surface area contributed by atoms with Crippen LogP contribution in [0.25, 0.3) is 0 Å². The first kappa shape index (κ1) is 19.7. The van der Waals surface area contributed by atoms with E-state index >= 15 is 0 Å². The van der Waals surface area contributed by atoms with Gasteiger partial charge in [0.25, 0.3) is 0 Å². The highest BCUT2D eigenvalue weighted by Gasteiger charge is 2.35. The van der Waals surface area contributed by atoms with E-state index in [0.717, 1.165) is 63.2 Å². The van der Waals surface area contributed by atoms with E-state index in [1.807, 2.05) is 0 Å². The van der Waals surface area contributed by atoms with Crippen molar-refractivity contribution < 1.29 is 9.59 Å². The molecule has 0 amide bonds. The van der Waals surface area contributed by atoms with E-state index in [2.05, 4.69) is 13.8 Å². The van der Waals surface area contributed by atoms with Gasteiger partial charge in [0.1, 0.15) is 0 Å². The molecule has 2 fully saturated rings. The Morgan fingerprint density at radius 3 is 1.50 bits per heavy atom. The van der Waals surface area contributed by atoms with Crippen molar-refractivity contribution in [1.29, 1.82) is 0 Å². The molecule has 2 aliphatic rings. The summed E-state index contributed by atoms with van der Waals surface area (Å²) in [7, 11) is 0. The number of hydrogen-bond acceptors (Lipinski definition) is 2. The second-order valence-corrected chi connectivity index (χ2v) is 8.45. The third kappa shape index (κ3) is 5.70. The van der Waals surface area contributed by atoms with Gasteiger partial charge in [0, 0.05) is 11.8 Å². The van der Waals surface area contributed by atoms with Crippen LogP contribution in [0.3, 0.4) is 0 Å². The van der Waals surface area contributed by atoms with Crippen molar-refractivity contribution in [2.75, 3.05) is 0 Å². The summed E-state index contributed by atoms with van der Waals surface area (Å²) in [6.07, 6.45) is 16.3. The molecular weight excluding hydrogens is 296 g/mol. The molecule has 0 spiro atoms. The molecule has 0 atom stereocenters. The molecule has 138 valence electrons. The maximum atomic E-state index is 12.6. The number of unbranched alkanes of at least 4 members (excludes halogenated alkanes) is 2. The summed E-state index contributed by atoms with van der Waals surface area (Å²) < 4.78 is 0. The number of carbonyl (C=O) groups is 2. The van der Waals surface area contributed by atoms with Gasteiger partial charge in [-0.25, -0.2) is 0 Å². The van der Waals surface area contributed by atoms with E-state index in [4.69, 9.17) is 0 Å². The van der Waals surface area contributed by atoms with Crippen molar-refractivity contribution in [1.82, 2.24) is 0 Å². The summed E-state index contributed by atoms with van der Waals surface area (Å²) in [4.78, 5) is 25.2. The summed E-state index contributed by atoms with van der Waals surface area (Å²) in [5.41, 5.74) is 0. The van der Waals surface area contributed by atoms with Crippen molar-refractivity contribution in [2.24, 2.45) is 23.7 Å². The number of ketones is 2. The molecule has 0 aliphatic heterocycles. The van der Waals surface area contributed by atoms with Gasteiger partial charge < -0.3 is 0 Å². The summed E-state index contributed by atoms with van der Waals surface area (Å²) in [5.74, 6) is 1.68. The fourth-order valence-electron chi connectivity index (χ4n) is 4.92. The number of hydrogen-bond donors (Lipinski definition) is 0. The van der Waals surface area contributed by atoms with Crippen molar-refractivity contribution in [3.05, 3.63) is 0 Å². The van der Waals surface area contributed by atoms with Crippen LogP contribution in [0, 0.1) is 23.7 Å². The predicted octanol–water partition coefficient (Wildman–Crippen LogP) is 6.12. The molecule has 0 heterocycles. The molecule has 0 bridgehead atoms. The summed E-state index contributed by atoms with van der Waals surface area (Å²) in [6.45, 7) is 4.48. The molecule has 0 aromatic rings. The topological polar surface area (TPSA) is 34.1 Å². The standard InChI is InChI=1S/C22H38O2/c1-3-5-6-8-18-11-15-20(16-12-18)22(24)21(23)19-13-9-17(7-4-2)10-14-19/h17-20H,3-16H2,1-2H3. The van der Waals surface area contributed by atoms with E-state index in [0.29, 0.717) is 0 Å².